The van der Waals surface area contributed by atoms with Gasteiger partial charge in [-0.2, -0.15) is 18.3 Å². The number of hydrogen-bond acceptors (Lipinski definition) is 6. The Hall–Kier alpha value is -2.53. The van der Waals surface area contributed by atoms with E-state index < -0.39 is 17.8 Å². The minimum absolute atomic E-state index is 0.193. The zero-order valence-corrected chi connectivity index (χ0v) is 14.5. The van der Waals surface area contributed by atoms with Gasteiger partial charge < -0.3 is 9.84 Å². The van der Waals surface area contributed by atoms with E-state index in [1.807, 2.05) is 0 Å². The standard InChI is InChI=1S/C15H11BrF3N5O2/c16-13-2-1-9(4-21-13)26-14-3-11(15(17,18)19)10(5-22-14)12(25)6-24-8-20-7-23-24/h1-5,7-8,12,25H,6H2. The van der Waals surface area contributed by atoms with Gasteiger partial charge in [0.05, 0.1) is 18.3 Å². The number of aliphatic hydroxyl groups is 1. The molecule has 26 heavy (non-hydrogen) atoms. The average molecular weight is 430 g/mol. The molecule has 0 fully saturated rings. The van der Waals surface area contributed by atoms with Crippen molar-refractivity contribution in [1.82, 2.24) is 24.7 Å². The van der Waals surface area contributed by atoms with E-state index >= 15 is 0 Å². The number of pyridine rings is 2. The molecular weight excluding hydrogens is 419 g/mol. The fourth-order valence-electron chi connectivity index (χ4n) is 2.16. The Labute approximate surface area is 153 Å². The largest absolute Gasteiger partial charge is 0.437 e. The van der Waals surface area contributed by atoms with E-state index in [9.17, 15) is 18.3 Å². The molecule has 3 heterocycles. The first kappa shape index (κ1) is 18.3. The normalized spacial score (nSPS) is 12.8. The third-order valence-corrected chi connectivity index (χ3v) is 3.79. The molecule has 0 radical (unpaired) electrons. The predicted octanol–water partition coefficient (Wildman–Crippen LogP) is 3.38. The van der Waals surface area contributed by atoms with Crippen molar-refractivity contribution >= 4 is 15.9 Å². The molecule has 0 spiro atoms. The summed E-state index contributed by atoms with van der Waals surface area (Å²) in [6.07, 6.45) is -1.37. The maximum atomic E-state index is 13.4. The van der Waals surface area contributed by atoms with Crippen LogP contribution in [0.15, 0.2) is 47.9 Å². The SMILES string of the molecule is OC(Cn1cncn1)c1cnc(Oc2ccc(Br)nc2)cc1C(F)(F)F. The van der Waals surface area contributed by atoms with Crippen LogP contribution in [-0.4, -0.2) is 29.8 Å². The Morgan fingerprint density at radius 3 is 2.65 bits per heavy atom. The van der Waals surface area contributed by atoms with Crippen molar-refractivity contribution < 1.29 is 23.0 Å². The number of nitrogens with zero attached hydrogens (tertiary/aromatic N) is 5. The van der Waals surface area contributed by atoms with Crippen molar-refractivity contribution in [3.05, 3.63) is 59.0 Å². The number of ether oxygens (including phenoxy) is 1. The summed E-state index contributed by atoms with van der Waals surface area (Å²) in [6, 6.07) is 3.84. The minimum atomic E-state index is -4.70. The summed E-state index contributed by atoms with van der Waals surface area (Å²) in [7, 11) is 0. The molecule has 0 saturated carbocycles. The van der Waals surface area contributed by atoms with Gasteiger partial charge in [0.25, 0.3) is 0 Å². The molecule has 1 N–H and O–H groups in total. The molecule has 0 amide bonds. The van der Waals surface area contributed by atoms with Crippen LogP contribution in [0.1, 0.15) is 17.2 Å². The zero-order valence-electron chi connectivity index (χ0n) is 12.9. The quantitative estimate of drug-likeness (QED) is 0.625. The number of aliphatic hydroxyl groups excluding tert-OH is 1. The maximum Gasteiger partial charge on any atom is 0.417 e. The fraction of sp³-hybridized carbons (Fsp3) is 0.200. The molecule has 7 nitrogen and oxygen atoms in total. The zero-order chi connectivity index (χ0) is 18.7. The topological polar surface area (TPSA) is 86.0 Å². The first-order chi connectivity index (χ1) is 12.3. The second-order valence-electron chi connectivity index (χ2n) is 5.16. The van der Waals surface area contributed by atoms with Crippen LogP contribution in [0.5, 0.6) is 11.6 Å². The van der Waals surface area contributed by atoms with Crippen molar-refractivity contribution in [2.45, 2.75) is 18.8 Å². The molecule has 0 aromatic carbocycles. The van der Waals surface area contributed by atoms with Crippen LogP contribution in [0.3, 0.4) is 0 Å². The molecule has 1 unspecified atom stereocenters. The molecule has 0 aliphatic heterocycles. The van der Waals surface area contributed by atoms with E-state index in [0.29, 0.717) is 4.60 Å². The van der Waals surface area contributed by atoms with E-state index in [0.717, 1.165) is 12.3 Å². The van der Waals surface area contributed by atoms with Gasteiger partial charge in [0.15, 0.2) is 0 Å². The van der Waals surface area contributed by atoms with Gasteiger partial charge in [-0.3, -0.25) is 4.68 Å². The number of rotatable bonds is 5. The summed E-state index contributed by atoms with van der Waals surface area (Å²) in [6.45, 7) is -0.193. The van der Waals surface area contributed by atoms with Gasteiger partial charge in [0.2, 0.25) is 5.88 Å². The van der Waals surface area contributed by atoms with Gasteiger partial charge in [-0.1, -0.05) is 0 Å². The van der Waals surface area contributed by atoms with Crippen molar-refractivity contribution in [3.8, 4) is 11.6 Å². The molecule has 0 bridgehead atoms. The Kier molecular flexibility index (Phi) is 5.18. The molecule has 1 atom stereocenters. The van der Waals surface area contributed by atoms with Gasteiger partial charge >= 0.3 is 6.18 Å². The van der Waals surface area contributed by atoms with Gasteiger partial charge in [-0.05, 0) is 28.1 Å². The highest BCUT2D eigenvalue weighted by molar-refractivity contribution is 9.10. The van der Waals surface area contributed by atoms with Crippen molar-refractivity contribution in [1.29, 1.82) is 0 Å². The molecule has 136 valence electrons. The Morgan fingerprint density at radius 2 is 2.04 bits per heavy atom. The molecular formula is C15H11BrF3N5O2. The van der Waals surface area contributed by atoms with Crippen molar-refractivity contribution in [2.75, 3.05) is 0 Å². The minimum Gasteiger partial charge on any atom is -0.437 e. The lowest BCUT2D eigenvalue weighted by atomic mass is 10.0. The summed E-state index contributed by atoms with van der Waals surface area (Å²) < 4.78 is 47.3. The Morgan fingerprint density at radius 1 is 1.23 bits per heavy atom. The summed E-state index contributed by atoms with van der Waals surface area (Å²) >= 11 is 3.15. The van der Waals surface area contributed by atoms with Gasteiger partial charge in [-0.25, -0.2) is 15.0 Å². The van der Waals surface area contributed by atoms with E-state index in [2.05, 4.69) is 36.0 Å². The van der Waals surface area contributed by atoms with Gasteiger partial charge in [-0.15, -0.1) is 0 Å². The van der Waals surface area contributed by atoms with E-state index in [-0.39, 0.29) is 23.7 Å². The maximum absolute atomic E-state index is 13.4. The highest BCUT2D eigenvalue weighted by Crippen LogP contribution is 2.37. The van der Waals surface area contributed by atoms with Crippen molar-refractivity contribution in [3.63, 3.8) is 0 Å². The molecule has 3 aromatic rings. The summed E-state index contributed by atoms with van der Waals surface area (Å²) in [5.74, 6) is -0.0390. The fourth-order valence-corrected chi connectivity index (χ4v) is 2.39. The number of aromatic nitrogens is 5. The second-order valence-corrected chi connectivity index (χ2v) is 5.97. The van der Waals surface area contributed by atoms with E-state index in [1.54, 1.807) is 6.07 Å². The lowest BCUT2D eigenvalue weighted by Crippen LogP contribution is -2.16. The number of alkyl halides is 3. The third kappa shape index (κ3) is 4.35. The molecule has 3 rings (SSSR count). The third-order valence-electron chi connectivity index (χ3n) is 3.32. The van der Waals surface area contributed by atoms with E-state index in [1.165, 1.54) is 29.6 Å². The molecule has 11 heteroatoms. The summed E-state index contributed by atoms with van der Waals surface area (Å²) in [4.78, 5) is 11.5. The lowest BCUT2D eigenvalue weighted by molar-refractivity contribution is -0.139. The van der Waals surface area contributed by atoms with Crippen LogP contribution < -0.4 is 4.74 Å². The first-order valence-corrected chi connectivity index (χ1v) is 7.99. The molecule has 0 aliphatic carbocycles. The van der Waals surface area contributed by atoms with Crippen LogP contribution >= 0.6 is 15.9 Å². The number of hydrogen-bond donors (Lipinski definition) is 1. The van der Waals surface area contributed by atoms with Crippen LogP contribution in [-0.2, 0) is 12.7 Å². The average Bonchev–Trinajstić information content (AvgIpc) is 3.09. The monoisotopic (exact) mass is 429 g/mol. The highest BCUT2D eigenvalue weighted by Gasteiger charge is 2.36. The highest BCUT2D eigenvalue weighted by atomic mass is 79.9. The Balaban J connectivity index is 1.89. The van der Waals surface area contributed by atoms with Crippen molar-refractivity contribution in [2.24, 2.45) is 0 Å². The van der Waals surface area contributed by atoms with Gasteiger partial charge in [0.1, 0.15) is 29.1 Å². The number of halogens is 4. The summed E-state index contributed by atoms with van der Waals surface area (Å²) in [5.41, 5.74) is -1.42. The Bertz CT molecular complexity index is 872. The first-order valence-electron chi connectivity index (χ1n) is 7.20. The van der Waals surface area contributed by atoms with Crippen LogP contribution in [0.4, 0.5) is 13.2 Å². The lowest BCUT2D eigenvalue weighted by Gasteiger charge is -2.18. The van der Waals surface area contributed by atoms with Crippen LogP contribution in [0, 0.1) is 0 Å². The molecule has 3 aromatic heterocycles. The van der Waals surface area contributed by atoms with Gasteiger partial charge in [0, 0.05) is 17.8 Å². The summed E-state index contributed by atoms with van der Waals surface area (Å²) in [5, 5.41) is 13.9. The molecule has 0 aliphatic rings. The predicted molar refractivity (Wildman–Crippen MR) is 86.2 cm³/mol. The second kappa shape index (κ2) is 7.38. The van der Waals surface area contributed by atoms with Crippen LogP contribution in [0.25, 0.3) is 0 Å². The molecule has 0 saturated heterocycles. The van der Waals surface area contributed by atoms with E-state index in [4.69, 9.17) is 4.74 Å². The smallest absolute Gasteiger partial charge is 0.417 e. The van der Waals surface area contributed by atoms with Crippen LogP contribution in [0.2, 0.25) is 0 Å².